The van der Waals surface area contributed by atoms with Crippen molar-refractivity contribution in [3.63, 3.8) is 0 Å². The molecular weight excluding hydrogens is 314 g/mol. The molecule has 0 atom stereocenters. The van der Waals surface area contributed by atoms with Crippen molar-refractivity contribution in [1.29, 1.82) is 0 Å². The Kier molecular flexibility index (Phi) is 5.60. The first-order valence-corrected chi connectivity index (χ1v) is 8.77. The summed E-state index contributed by atoms with van der Waals surface area (Å²) in [6.07, 6.45) is 1.68. The molecular formula is C19H25N5O. The number of carbonyl (C=O) groups excluding carboxylic acids is 1. The molecule has 6 heteroatoms. The lowest BCUT2D eigenvalue weighted by Crippen LogP contribution is -2.47. The molecule has 0 saturated carbocycles. The van der Waals surface area contributed by atoms with Crippen LogP contribution in [0.3, 0.4) is 0 Å². The average molecular weight is 339 g/mol. The Morgan fingerprint density at radius 1 is 1.12 bits per heavy atom. The fourth-order valence-electron chi connectivity index (χ4n) is 2.92. The van der Waals surface area contributed by atoms with Gasteiger partial charge in [-0.25, -0.2) is 9.97 Å². The van der Waals surface area contributed by atoms with Gasteiger partial charge in [0.2, 0.25) is 5.95 Å². The Balaban J connectivity index is 1.74. The highest BCUT2D eigenvalue weighted by Crippen LogP contribution is 2.14. The molecule has 6 nitrogen and oxygen atoms in total. The molecule has 0 unspecified atom stereocenters. The van der Waals surface area contributed by atoms with Gasteiger partial charge in [0, 0.05) is 45.5 Å². The SMILES string of the molecule is CCN(Cc1ccccc1)c1nccc(C(=O)N2CCN(C)CC2)n1. The number of nitrogens with zero attached hydrogens (tertiary/aromatic N) is 5. The summed E-state index contributed by atoms with van der Waals surface area (Å²) in [5, 5.41) is 0. The van der Waals surface area contributed by atoms with E-state index in [0.717, 1.165) is 39.3 Å². The normalized spacial score (nSPS) is 15.2. The Morgan fingerprint density at radius 3 is 2.52 bits per heavy atom. The molecule has 25 heavy (non-hydrogen) atoms. The van der Waals surface area contributed by atoms with Crippen LogP contribution in [0.4, 0.5) is 5.95 Å². The summed E-state index contributed by atoms with van der Waals surface area (Å²) < 4.78 is 0. The molecule has 1 aliphatic rings. The van der Waals surface area contributed by atoms with Crippen molar-refractivity contribution >= 4 is 11.9 Å². The first-order valence-electron chi connectivity index (χ1n) is 8.77. The summed E-state index contributed by atoms with van der Waals surface area (Å²) in [5.74, 6) is 0.596. The minimum Gasteiger partial charge on any atom is -0.337 e. The molecule has 1 saturated heterocycles. The van der Waals surface area contributed by atoms with Gasteiger partial charge in [-0.15, -0.1) is 0 Å². The standard InChI is InChI=1S/C19H25N5O/c1-3-23(15-16-7-5-4-6-8-16)19-20-10-9-17(21-19)18(25)24-13-11-22(2)12-14-24/h4-10H,3,11-15H2,1-2H3. The van der Waals surface area contributed by atoms with Crippen LogP contribution in [0.1, 0.15) is 23.0 Å². The predicted molar refractivity (Wildman–Crippen MR) is 98.6 cm³/mol. The number of piperazine rings is 1. The van der Waals surface area contributed by atoms with Gasteiger partial charge in [0.15, 0.2) is 0 Å². The van der Waals surface area contributed by atoms with Gasteiger partial charge in [-0.2, -0.15) is 0 Å². The lowest BCUT2D eigenvalue weighted by atomic mass is 10.2. The third-order valence-corrected chi connectivity index (χ3v) is 4.53. The molecule has 1 aromatic heterocycles. The van der Waals surface area contributed by atoms with E-state index >= 15 is 0 Å². The molecule has 2 heterocycles. The molecule has 2 aromatic rings. The van der Waals surface area contributed by atoms with Gasteiger partial charge in [0.05, 0.1) is 0 Å². The van der Waals surface area contributed by atoms with Gasteiger partial charge < -0.3 is 14.7 Å². The van der Waals surface area contributed by atoms with Crippen LogP contribution in [0.2, 0.25) is 0 Å². The number of rotatable bonds is 5. The van der Waals surface area contributed by atoms with E-state index in [1.165, 1.54) is 5.56 Å². The predicted octanol–water partition coefficient (Wildman–Crippen LogP) is 1.89. The molecule has 0 radical (unpaired) electrons. The first kappa shape index (κ1) is 17.4. The number of amides is 1. The van der Waals surface area contributed by atoms with Crippen LogP contribution in [0.25, 0.3) is 0 Å². The summed E-state index contributed by atoms with van der Waals surface area (Å²) in [4.78, 5) is 27.8. The van der Waals surface area contributed by atoms with Crippen LogP contribution in [-0.4, -0.2) is 65.4 Å². The average Bonchev–Trinajstić information content (AvgIpc) is 2.67. The topological polar surface area (TPSA) is 52.6 Å². The number of likely N-dealkylation sites (N-methyl/N-ethyl adjacent to an activating group) is 1. The summed E-state index contributed by atoms with van der Waals surface area (Å²) in [7, 11) is 2.08. The Bertz CT molecular complexity index is 698. The second-order valence-electron chi connectivity index (χ2n) is 6.34. The lowest BCUT2D eigenvalue weighted by molar-refractivity contribution is 0.0658. The van der Waals surface area contributed by atoms with E-state index < -0.39 is 0 Å². The molecule has 1 fully saturated rings. The zero-order valence-electron chi connectivity index (χ0n) is 14.9. The second-order valence-corrected chi connectivity index (χ2v) is 6.34. The molecule has 3 rings (SSSR count). The Hall–Kier alpha value is -2.47. The molecule has 1 aromatic carbocycles. The van der Waals surface area contributed by atoms with Gasteiger partial charge in [-0.05, 0) is 25.6 Å². The smallest absolute Gasteiger partial charge is 0.272 e. The van der Waals surface area contributed by atoms with E-state index in [1.807, 2.05) is 23.1 Å². The van der Waals surface area contributed by atoms with Crippen molar-refractivity contribution in [3.8, 4) is 0 Å². The molecule has 0 spiro atoms. The number of anilines is 1. The lowest BCUT2D eigenvalue weighted by Gasteiger charge is -2.32. The highest BCUT2D eigenvalue weighted by Gasteiger charge is 2.22. The summed E-state index contributed by atoms with van der Waals surface area (Å²) in [6, 6.07) is 11.9. The molecule has 0 bridgehead atoms. The van der Waals surface area contributed by atoms with Crippen LogP contribution < -0.4 is 4.90 Å². The van der Waals surface area contributed by atoms with Crippen LogP contribution in [0.5, 0.6) is 0 Å². The quantitative estimate of drug-likeness (QED) is 0.833. The van der Waals surface area contributed by atoms with Crippen molar-refractivity contribution in [3.05, 3.63) is 53.9 Å². The van der Waals surface area contributed by atoms with Crippen molar-refractivity contribution in [1.82, 2.24) is 19.8 Å². The number of carbonyl (C=O) groups is 1. The minimum absolute atomic E-state index is 0.00693. The molecule has 132 valence electrons. The molecule has 0 N–H and O–H groups in total. The van der Waals surface area contributed by atoms with E-state index in [-0.39, 0.29) is 5.91 Å². The second kappa shape index (κ2) is 8.07. The maximum atomic E-state index is 12.7. The van der Waals surface area contributed by atoms with E-state index in [0.29, 0.717) is 11.6 Å². The van der Waals surface area contributed by atoms with Gasteiger partial charge in [0.25, 0.3) is 5.91 Å². The Morgan fingerprint density at radius 2 is 1.84 bits per heavy atom. The fraction of sp³-hybridized carbons (Fsp3) is 0.421. The van der Waals surface area contributed by atoms with Crippen LogP contribution >= 0.6 is 0 Å². The van der Waals surface area contributed by atoms with Crippen molar-refractivity contribution < 1.29 is 4.79 Å². The maximum absolute atomic E-state index is 12.7. The van der Waals surface area contributed by atoms with E-state index in [4.69, 9.17) is 0 Å². The summed E-state index contributed by atoms with van der Waals surface area (Å²) >= 11 is 0. The van der Waals surface area contributed by atoms with Crippen LogP contribution in [0.15, 0.2) is 42.6 Å². The van der Waals surface area contributed by atoms with Gasteiger partial charge in [0.1, 0.15) is 5.69 Å². The van der Waals surface area contributed by atoms with Gasteiger partial charge >= 0.3 is 0 Å². The van der Waals surface area contributed by atoms with Gasteiger partial charge in [-0.3, -0.25) is 4.79 Å². The van der Waals surface area contributed by atoms with E-state index in [2.05, 4.69) is 45.9 Å². The van der Waals surface area contributed by atoms with Crippen LogP contribution in [-0.2, 0) is 6.54 Å². The van der Waals surface area contributed by atoms with Crippen molar-refractivity contribution in [2.45, 2.75) is 13.5 Å². The molecule has 1 aliphatic heterocycles. The largest absolute Gasteiger partial charge is 0.337 e. The zero-order valence-corrected chi connectivity index (χ0v) is 14.9. The monoisotopic (exact) mass is 339 g/mol. The highest BCUT2D eigenvalue weighted by molar-refractivity contribution is 5.92. The van der Waals surface area contributed by atoms with Crippen molar-refractivity contribution in [2.24, 2.45) is 0 Å². The fourth-order valence-corrected chi connectivity index (χ4v) is 2.92. The Labute approximate surface area is 149 Å². The minimum atomic E-state index is -0.00693. The first-order chi connectivity index (χ1) is 12.2. The summed E-state index contributed by atoms with van der Waals surface area (Å²) in [5.41, 5.74) is 1.67. The molecule has 0 aliphatic carbocycles. The van der Waals surface area contributed by atoms with Crippen LogP contribution in [0, 0.1) is 0 Å². The molecule has 1 amide bonds. The number of hydrogen-bond acceptors (Lipinski definition) is 5. The third-order valence-electron chi connectivity index (χ3n) is 4.53. The number of benzene rings is 1. The number of hydrogen-bond donors (Lipinski definition) is 0. The maximum Gasteiger partial charge on any atom is 0.272 e. The van der Waals surface area contributed by atoms with E-state index in [9.17, 15) is 4.79 Å². The highest BCUT2D eigenvalue weighted by atomic mass is 16.2. The summed E-state index contributed by atoms with van der Waals surface area (Å²) in [6.45, 7) is 6.87. The van der Waals surface area contributed by atoms with E-state index in [1.54, 1.807) is 12.3 Å². The zero-order chi connectivity index (χ0) is 17.6. The number of aromatic nitrogens is 2. The van der Waals surface area contributed by atoms with Gasteiger partial charge in [-0.1, -0.05) is 30.3 Å². The van der Waals surface area contributed by atoms with Crippen molar-refractivity contribution in [2.75, 3.05) is 44.7 Å². The third kappa shape index (κ3) is 4.33.